The van der Waals surface area contributed by atoms with Crippen molar-refractivity contribution in [3.8, 4) is 17.2 Å². The number of carbonyl (C=O) groups excluding carboxylic acids is 4. The van der Waals surface area contributed by atoms with Crippen molar-refractivity contribution < 1.29 is 38.7 Å². The summed E-state index contributed by atoms with van der Waals surface area (Å²) in [5.41, 5.74) is 0.355. The number of aromatic hydroxyl groups is 1. The number of nitro benzene ring substituents is 1. The third-order valence-electron chi connectivity index (χ3n) is 9.78. The number of Topliss-reactive ketones (excluding diaryl/α,β-unsaturated/α-hetero) is 1. The van der Waals surface area contributed by atoms with Gasteiger partial charge in [-0.05, 0) is 49.5 Å². The molecule has 0 spiro atoms. The van der Waals surface area contributed by atoms with Crippen molar-refractivity contribution in [2.45, 2.75) is 32.6 Å². The first-order valence-electron chi connectivity index (χ1n) is 14.0. The van der Waals surface area contributed by atoms with Crippen LogP contribution in [-0.2, 0) is 19.2 Å². The van der Waals surface area contributed by atoms with Crippen LogP contribution in [-0.4, -0.2) is 47.6 Å². The predicted octanol–water partition coefficient (Wildman–Crippen LogP) is 4.28. The first kappa shape index (κ1) is 28.3. The zero-order chi connectivity index (χ0) is 31.0. The van der Waals surface area contributed by atoms with Gasteiger partial charge in [-0.15, -0.1) is 0 Å². The van der Waals surface area contributed by atoms with Crippen molar-refractivity contribution in [2.24, 2.45) is 29.1 Å². The van der Waals surface area contributed by atoms with Gasteiger partial charge < -0.3 is 14.6 Å². The molecule has 1 saturated heterocycles. The van der Waals surface area contributed by atoms with Gasteiger partial charge in [0.1, 0.15) is 17.2 Å². The van der Waals surface area contributed by atoms with Crippen LogP contribution in [0.15, 0.2) is 59.7 Å². The number of nitrogens with zero attached hydrogens (tertiary/aromatic N) is 2. The lowest BCUT2D eigenvalue weighted by molar-refractivity contribution is -0.384. The number of phenols is 1. The summed E-state index contributed by atoms with van der Waals surface area (Å²) >= 11 is 0. The van der Waals surface area contributed by atoms with Crippen LogP contribution < -0.4 is 14.4 Å². The lowest BCUT2D eigenvalue weighted by Gasteiger charge is -2.54. The molecular formula is C32H30N2O9. The number of amides is 2. The van der Waals surface area contributed by atoms with Gasteiger partial charge in [0.25, 0.3) is 5.69 Å². The molecule has 3 aliphatic carbocycles. The summed E-state index contributed by atoms with van der Waals surface area (Å²) < 4.78 is 11.4. The van der Waals surface area contributed by atoms with Crippen LogP contribution in [0.25, 0.3) is 0 Å². The highest BCUT2D eigenvalue weighted by Crippen LogP contribution is 2.64. The Morgan fingerprint density at radius 1 is 1.00 bits per heavy atom. The van der Waals surface area contributed by atoms with Gasteiger partial charge >= 0.3 is 0 Å². The maximum atomic E-state index is 14.1. The number of non-ortho nitro benzene ring substituents is 1. The van der Waals surface area contributed by atoms with Gasteiger partial charge in [-0.3, -0.25) is 34.2 Å². The number of fused-ring (bicyclic) bond motifs is 4. The molecule has 0 unspecified atom stereocenters. The van der Waals surface area contributed by atoms with Crippen LogP contribution in [0.3, 0.4) is 0 Å². The fraction of sp³-hybridized carbons (Fsp3) is 0.375. The highest BCUT2D eigenvalue weighted by molar-refractivity contribution is 6.22. The Balaban J connectivity index is 1.52. The smallest absolute Gasteiger partial charge is 0.269 e. The number of phenolic OH excluding ortho intramolecular Hbond substituents is 1. The van der Waals surface area contributed by atoms with Crippen LogP contribution in [0.2, 0.25) is 0 Å². The molecule has 1 saturated carbocycles. The number of hydrogen-bond acceptors (Lipinski definition) is 9. The molecule has 2 fully saturated rings. The highest BCUT2D eigenvalue weighted by atomic mass is 16.6. The molecule has 0 radical (unpaired) electrons. The second-order valence-electron chi connectivity index (χ2n) is 11.8. The Hall–Kier alpha value is -4.80. The maximum Gasteiger partial charge on any atom is 0.269 e. The topological polar surface area (TPSA) is 153 Å². The minimum Gasteiger partial charge on any atom is -0.508 e. The third-order valence-corrected chi connectivity index (χ3v) is 9.78. The largest absolute Gasteiger partial charge is 0.508 e. The molecule has 2 aromatic carbocycles. The highest BCUT2D eigenvalue weighted by Gasteiger charge is 2.64. The van der Waals surface area contributed by atoms with E-state index in [9.17, 15) is 34.4 Å². The standard InChI is InChI=1S/C32H30N2O9/c1-15-11-23(36)22-14-21-19(28(32(22,2)29(15)37)27-24(42-3)12-18(35)13-25(27)43-4)9-10-20-26(21)31(39)33(30(20)38)16-5-7-17(8-6-16)34(40)41/h5-9,11-13,20-22,26,28,35H,10,14H2,1-4H3/t20-,21+,22-,26-,28+,32+/m0/s1. The molecule has 1 aliphatic heterocycles. The van der Waals surface area contributed by atoms with Crippen LogP contribution >= 0.6 is 0 Å². The molecular weight excluding hydrogens is 556 g/mol. The molecule has 2 amide bonds. The van der Waals surface area contributed by atoms with Gasteiger partial charge in [-0.1, -0.05) is 18.6 Å². The molecule has 43 heavy (non-hydrogen) atoms. The molecule has 11 nitrogen and oxygen atoms in total. The van der Waals surface area contributed by atoms with E-state index in [1.807, 2.05) is 6.08 Å². The summed E-state index contributed by atoms with van der Waals surface area (Å²) in [7, 11) is 2.87. The van der Waals surface area contributed by atoms with E-state index in [1.54, 1.807) is 13.8 Å². The summed E-state index contributed by atoms with van der Waals surface area (Å²) in [6.07, 6.45) is 3.67. The van der Waals surface area contributed by atoms with E-state index in [2.05, 4.69) is 0 Å². The van der Waals surface area contributed by atoms with E-state index < -0.39 is 51.7 Å². The lowest BCUT2D eigenvalue weighted by atomic mass is 9.47. The molecule has 4 aliphatic rings. The van der Waals surface area contributed by atoms with Crippen LogP contribution in [0.5, 0.6) is 17.2 Å². The number of allylic oxidation sites excluding steroid dienone is 4. The Bertz CT molecular complexity index is 1650. The summed E-state index contributed by atoms with van der Waals surface area (Å²) in [5, 5.41) is 21.5. The van der Waals surface area contributed by atoms with Crippen molar-refractivity contribution in [1.82, 2.24) is 0 Å². The average Bonchev–Trinajstić information content (AvgIpc) is 3.24. The Morgan fingerprint density at radius 3 is 2.21 bits per heavy atom. The summed E-state index contributed by atoms with van der Waals surface area (Å²) in [5.74, 6) is -4.51. The fourth-order valence-corrected chi connectivity index (χ4v) is 7.89. The molecule has 6 rings (SSSR count). The molecule has 2 aromatic rings. The van der Waals surface area contributed by atoms with Crippen LogP contribution in [0, 0.1) is 39.2 Å². The first-order chi connectivity index (χ1) is 20.4. The average molecular weight is 587 g/mol. The summed E-state index contributed by atoms with van der Waals surface area (Å²) in [6.45, 7) is 3.38. The summed E-state index contributed by atoms with van der Waals surface area (Å²) in [6, 6.07) is 8.09. The van der Waals surface area contributed by atoms with Crippen molar-refractivity contribution >= 4 is 34.8 Å². The quantitative estimate of drug-likeness (QED) is 0.234. The van der Waals surface area contributed by atoms with E-state index in [0.717, 1.165) is 10.5 Å². The molecule has 11 heteroatoms. The zero-order valence-electron chi connectivity index (χ0n) is 24.0. The minimum absolute atomic E-state index is 0.110. The van der Waals surface area contributed by atoms with Crippen molar-refractivity contribution in [3.63, 3.8) is 0 Å². The van der Waals surface area contributed by atoms with E-state index in [1.165, 1.54) is 56.7 Å². The number of anilines is 1. The minimum atomic E-state index is -1.26. The second kappa shape index (κ2) is 9.89. The SMILES string of the molecule is COc1cc(O)cc(OC)c1[C@H]1C2=CC[C@@H]3C(=O)N(c4ccc([N+](=O)[O-])cc4)C(=O)[C@@H]3[C@@H]2C[C@H]2C(=O)C=C(C)C(=O)[C@@]12C. The molecule has 0 bridgehead atoms. The number of nitro groups is 1. The monoisotopic (exact) mass is 586 g/mol. The maximum absolute atomic E-state index is 14.1. The summed E-state index contributed by atoms with van der Waals surface area (Å²) in [4.78, 5) is 67.2. The second-order valence-corrected chi connectivity index (χ2v) is 11.8. The van der Waals surface area contributed by atoms with Gasteiger partial charge in [0.2, 0.25) is 11.8 Å². The van der Waals surface area contributed by atoms with Crippen LogP contribution in [0.1, 0.15) is 38.2 Å². The third kappa shape index (κ3) is 3.94. The number of rotatable bonds is 5. The van der Waals surface area contributed by atoms with E-state index in [0.29, 0.717) is 11.1 Å². The van der Waals surface area contributed by atoms with E-state index in [-0.39, 0.29) is 53.0 Å². The van der Waals surface area contributed by atoms with Gasteiger partial charge in [-0.25, -0.2) is 0 Å². The van der Waals surface area contributed by atoms with Gasteiger partial charge in [0.05, 0.1) is 42.1 Å². The van der Waals surface area contributed by atoms with Gasteiger partial charge in [0.15, 0.2) is 11.6 Å². The molecule has 1 heterocycles. The Morgan fingerprint density at radius 2 is 1.63 bits per heavy atom. The van der Waals surface area contributed by atoms with Crippen molar-refractivity contribution in [1.29, 1.82) is 0 Å². The Labute approximate surface area is 246 Å². The first-order valence-corrected chi connectivity index (χ1v) is 14.0. The van der Waals surface area contributed by atoms with Gasteiger partial charge in [0, 0.05) is 41.7 Å². The van der Waals surface area contributed by atoms with Crippen LogP contribution in [0.4, 0.5) is 11.4 Å². The number of benzene rings is 2. The Kier molecular flexibility index (Phi) is 6.52. The number of ketones is 2. The number of carbonyl (C=O) groups is 4. The predicted molar refractivity (Wildman–Crippen MR) is 153 cm³/mol. The van der Waals surface area contributed by atoms with Crippen molar-refractivity contribution in [2.75, 3.05) is 19.1 Å². The number of hydrogen-bond donors (Lipinski definition) is 1. The zero-order valence-corrected chi connectivity index (χ0v) is 24.0. The van der Waals surface area contributed by atoms with E-state index >= 15 is 0 Å². The molecule has 222 valence electrons. The number of imide groups is 1. The normalized spacial score (nSPS) is 29.8. The van der Waals surface area contributed by atoms with Gasteiger partial charge in [-0.2, -0.15) is 0 Å². The number of methoxy groups -OCH3 is 2. The molecule has 1 N–H and O–H groups in total. The fourth-order valence-electron chi connectivity index (χ4n) is 7.89. The number of ether oxygens (including phenoxy) is 2. The van der Waals surface area contributed by atoms with Crippen molar-refractivity contribution in [3.05, 3.63) is 75.4 Å². The van der Waals surface area contributed by atoms with E-state index in [4.69, 9.17) is 9.47 Å². The lowest BCUT2D eigenvalue weighted by Crippen LogP contribution is -2.54. The molecule has 6 atom stereocenters. The molecule has 0 aromatic heterocycles.